The Morgan fingerprint density at radius 3 is 3.06 bits per heavy atom. The van der Waals surface area contributed by atoms with Crippen molar-refractivity contribution in [2.75, 3.05) is 6.54 Å². The molecule has 1 aromatic rings. The van der Waals surface area contributed by atoms with Gasteiger partial charge in [-0.2, -0.15) is 0 Å². The van der Waals surface area contributed by atoms with Crippen molar-refractivity contribution in [3.8, 4) is 0 Å². The summed E-state index contributed by atoms with van der Waals surface area (Å²) >= 11 is 0. The number of aromatic nitrogens is 1. The Morgan fingerprint density at radius 2 is 2.31 bits per heavy atom. The first-order valence-corrected chi connectivity index (χ1v) is 6.52. The van der Waals surface area contributed by atoms with Crippen molar-refractivity contribution in [2.24, 2.45) is 5.92 Å². The predicted molar refractivity (Wildman–Crippen MR) is 64.3 cm³/mol. The Morgan fingerprint density at radius 1 is 1.44 bits per heavy atom. The maximum absolute atomic E-state index is 5.42. The molecule has 2 rings (SSSR count). The van der Waals surface area contributed by atoms with Crippen molar-refractivity contribution in [1.82, 2.24) is 10.5 Å². The molecule has 0 bridgehead atoms. The quantitative estimate of drug-likeness (QED) is 0.832. The van der Waals surface area contributed by atoms with E-state index >= 15 is 0 Å². The van der Waals surface area contributed by atoms with Crippen LogP contribution in [0, 0.1) is 5.92 Å². The Hall–Kier alpha value is -0.830. The SMILES string of the molecule is CCCC1CCc2onc(CNCC)c2C1. The van der Waals surface area contributed by atoms with Gasteiger partial charge < -0.3 is 9.84 Å². The molecule has 0 fully saturated rings. The van der Waals surface area contributed by atoms with Crippen LogP contribution in [0.1, 0.15) is 50.1 Å². The fourth-order valence-electron chi connectivity index (χ4n) is 2.57. The van der Waals surface area contributed by atoms with Gasteiger partial charge in [0.1, 0.15) is 11.5 Å². The molecule has 1 aliphatic carbocycles. The van der Waals surface area contributed by atoms with Gasteiger partial charge in [0, 0.05) is 18.5 Å². The number of rotatable bonds is 5. The Kier molecular flexibility index (Phi) is 3.99. The summed E-state index contributed by atoms with van der Waals surface area (Å²) in [4.78, 5) is 0. The molecule has 0 radical (unpaired) electrons. The first-order valence-electron chi connectivity index (χ1n) is 6.52. The van der Waals surface area contributed by atoms with Crippen LogP contribution in [-0.2, 0) is 19.4 Å². The summed E-state index contributed by atoms with van der Waals surface area (Å²) in [5.74, 6) is 1.98. The van der Waals surface area contributed by atoms with E-state index in [-0.39, 0.29) is 0 Å². The van der Waals surface area contributed by atoms with E-state index in [1.165, 1.54) is 31.2 Å². The zero-order chi connectivity index (χ0) is 11.4. The highest BCUT2D eigenvalue weighted by Crippen LogP contribution is 2.30. The summed E-state index contributed by atoms with van der Waals surface area (Å²) in [6, 6.07) is 0. The van der Waals surface area contributed by atoms with E-state index in [9.17, 15) is 0 Å². The molecule has 0 amide bonds. The normalized spacial score (nSPS) is 19.8. The first-order chi connectivity index (χ1) is 7.85. The lowest BCUT2D eigenvalue weighted by Gasteiger charge is -2.20. The number of hydrogen-bond acceptors (Lipinski definition) is 3. The van der Waals surface area contributed by atoms with Crippen LogP contribution in [0.5, 0.6) is 0 Å². The molecule has 16 heavy (non-hydrogen) atoms. The molecule has 1 unspecified atom stereocenters. The number of nitrogens with zero attached hydrogens (tertiary/aromatic N) is 1. The summed E-state index contributed by atoms with van der Waals surface area (Å²) in [6.07, 6.45) is 6.16. The fourth-order valence-corrected chi connectivity index (χ4v) is 2.57. The highest BCUT2D eigenvalue weighted by Gasteiger charge is 2.24. The lowest BCUT2D eigenvalue weighted by molar-refractivity contribution is 0.339. The maximum Gasteiger partial charge on any atom is 0.140 e. The molecule has 1 atom stereocenters. The second-order valence-corrected chi connectivity index (χ2v) is 4.71. The van der Waals surface area contributed by atoms with Gasteiger partial charge in [-0.3, -0.25) is 0 Å². The zero-order valence-corrected chi connectivity index (χ0v) is 10.4. The molecule has 0 saturated carbocycles. The Bertz CT molecular complexity index is 333. The monoisotopic (exact) mass is 222 g/mol. The van der Waals surface area contributed by atoms with Crippen molar-refractivity contribution in [2.45, 2.75) is 52.5 Å². The van der Waals surface area contributed by atoms with E-state index in [2.05, 4.69) is 24.3 Å². The second kappa shape index (κ2) is 5.48. The topological polar surface area (TPSA) is 38.1 Å². The largest absolute Gasteiger partial charge is 0.361 e. The van der Waals surface area contributed by atoms with Crippen molar-refractivity contribution in [3.05, 3.63) is 17.0 Å². The molecule has 3 heteroatoms. The lowest BCUT2D eigenvalue weighted by Crippen LogP contribution is -2.17. The van der Waals surface area contributed by atoms with Crippen LogP contribution in [0.4, 0.5) is 0 Å². The average molecular weight is 222 g/mol. The van der Waals surface area contributed by atoms with Crippen LogP contribution >= 0.6 is 0 Å². The van der Waals surface area contributed by atoms with Gasteiger partial charge in [0.2, 0.25) is 0 Å². The van der Waals surface area contributed by atoms with Crippen LogP contribution in [0.25, 0.3) is 0 Å². The van der Waals surface area contributed by atoms with Crippen molar-refractivity contribution in [1.29, 1.82) is 0 Å². The Labute approximate surface area is 97.6 Å². The van der Waals surface area contributed by atoms with E-state index < -0.39 is 0 Å². The summed E-state index contributed by atoms with van der Waals surface area (Å²) in [7, 11) is 0. The Balaban J connectivity index is 2.05. The van der Waals surface area contributed by atoms with E-state index in [4.69, 9.17) is 4.52 Å². The highest BCUT2D eigenvalue weighted by molar-refractivity contribution is 5.26. The van der Waals surface area contributed by atoms with Gasteiger partial charge >= 0.3 is 0 Å². The molecule has 0 spiro atoms. The second-order valence-electron chi connectivity index (χ2n) is 4.71. The lowest BCUT2D eigenvalue weighted by atomic mass is 9.84. The van der Waals surface area contributed by atoms with Crippen molar-refractivity contribution < 1.29 is 4.52 Å². The van der Waals surface area contributed by atoms with Gasteiger partial charge in [-0.1, -0.05) is 31.8 Å². The van der Waals surface area contributed by atoms with E-state index in [1.807, 2.05) is 0 Å². The average Bonchev–Trinajstić information content (AvgIpc) is 2.69. The van der Waals surface area contributed by atoms with Gasteiger partial charge in [-0.25, -0.2) is 0 Å². The number of nitrogens with one attached hydrogen (secondary N) is 1. The molecule has 0 aliphatic heterocycles. The van der Waals surface area contributed by atoms with Gasteiger partial charge in [0.25, 0.3) is 0 Å². The van der Waals surface area contributed by atoms with Crippen LogP contribution in [0.3, 0.4) is 0 Å². The fraction of sp³-hybridized carbons (Fsp3) is 0.769. The summed E-state index contributed by atoms with van der Waals surface area (Å²) in [5.41, 5.74) is 2.53. The zero-order valence-electron chi connectivity index (χ0n) is 10.4. The van der Waals surface area contributed by atoms with E-state index in [0.29, 0.717) is 0 Å². The van der Waals surface area contributed by atoms with E-state index in [0.717, 1.165) is 36.9 Å². The van der Waals surface area contributed by atoms with Crippen LogP contribution in [0.2, 0.25) is 0 Å². The third kappa shape index (κ3) is 2.46. The summed E-state index contributed by atoms with van der Waals surface area (Å²) in [5, 5.41) is 7.52. The third-order valence-electron chi connectivity index (χ3n) is 3.46. The van der Waals surface area contributed by atoms with E-state index in [1.54, 1.807) is 0 Å². The smallest absolute Gasteiger partial charge is 0.140 e. The third-order valence-corrected chi connectivity index (χ3v) is 3.46. The van der Waals surface area contributed by atoms with Crippen LogP contribution in [0.15, 0.2) is 4.52 Å². The predicted octanol–water partition coefficient (Wildman–Crippen LogP) is 2.69. The molecule has 1 N–H and O–H groups in total. The van der Waals surface area contributed by atoms with Gasteiger partial charge in [0.15, 0.2) is 0 Å². The molecular formula is C13H22N2O. The molecule has 0 saturated heterocycles. The molecule has 1 aliphatic rings. The number of aryl methyl sites for hydroxylation is 1. The minimum atomic E-state index is 0.845. The van der Waals surface area contributed by atoms with Crippen LogP contribution in [-0.4, -0.2) is 11.7 Å². The first kappa shape index (κ1) is 11.6. The van der Waals surface area contributed by atoms with Crippen molar-refractivity contribution >= 4 is 0 Å². The molecule has 3 nitrogen and oxygen atoms in total. The molecular weight excluding hydrogens is 200 g/mol. The minimum absolute atomic E-state index is 0.845. The molecule has 1 aromatic heterocycles. The standard InChI is InChI=1S/C13H22N2O/c1-3-5-10-6-7-13-11(8-10)12(15-16-13)9-14-4-2/h10,14H,3-9H2,1-2H3. The number of fused-ring (bicyclic) bond motifs is 1. The van der Waals surface area contributed by atoms with Crippen molar-refractivity contribution in [3.63, 3.8) is 0 Å². The molecule has 0 aromatic carbocycles. The van der Waals surface area contributed by atoms with Crippen LogP contribution < -0.4 is 5.32 Å². The maximum atomic E-state index is 5.42. The highest BCUT2D eigenvalue weighted by atomic mass is 16.5. The molecule has 90 valence electrons. The van der Waals surface area contributed by atoms with Gasteiger partial charge in [-0.15, -0.1) is 0 Å². The summed E-state index contributed by atoms with van der Waals surface area (Å²) in [6.45, 7) is 6.23. The van der Waals surface area contributed by atoms with Gasteiger partial charge in [-0.05, 0) is 25.3 Å². The number of hydrogen-bond donors (Lipinski definition) is 1. The molecule has 1 heterocycles. The summed E-state index contributed by atoms with van der Waals surface area (Å²) < 4.78 is 5.42. The van der Waals surface area contributed by atoms with Gasteiger partial charge in [0.05, 0.1) is 0 Å². The minimum Gasteiger partial charge on any atom is -0.361 e.